The highest BCUT2D eigenvalue weighted by atomic mass is 16.7. The Bertz CT molecular complexity index is 511. The highest BCUT2D eigenvalue weighted by Crippen LogP contribution is 2.02. The van der Waals surface area contributed by atoms with E-state index < -0.39 is 36.5 Å². The first-order chi connectivity index (χ1) is 14.5. The van der Waals surface area contributed by atoms with Crippen molar-refractivity contribution in [2.75, 3.05) is 39.6 Å². The summed E-state index contributed by atoms with van der Waals surface area (Å²) in [6.07, 6.45) is -4.24. The van der Waals surface area contributed by atoms with Crippen molar-refractivity contribution in [1.82, 2.24) is 0 Å². The van der Waals surface area contributed by atoms with Crippen LogP contribution in [-0.4, -0.2) is 76.1 Å². The molecule has 0 fully saturated rings. The average molecular weight is 450 g/mol. The minimum absolute atomic E-state index is 0.0115. The van der Waals surface area contributed by atoms with Gasteiger partial charge in [0.05, 0.1) is 26.4 Å². The lowest BCUT2D eigenvalue weighted by molar-refractivity contribution is -0.155. The number of carbonyl (C=O) groups excluding carboxylic acids is 4. The summed E-state index contributed by atoms with van der Waals surface area (Å²) in [7, 11) is 0. The maximum absolute atomic E-state index is 11.6. The maximum atomic E-state index is 11.6. The highest BCUT2D eigenvalue weighted by molar-refractivity contribution is 5.77. The molecule has 0 aliphatic rings. The average Bonchev–Trinajstić information content (AvgIpc) is 2.68. The maximum Gasteiger partial charge on any atom is 0.509 e. The summed E-state index contributed by atoms with van der Waals surface area (Å²) in [5.41, 5.74) is 0. The van der Waals surface area contributed by atoms with Crippen LogP contribution < -0.4 is 0 Å². The summed E-state index contributed by atoms with van der Waals surface area (Å²) in [6, 6.07) is 0. The number of rotatable bonds is 14. The third-order valence-corrected chi connectivity index (χ3v) is 3.22. The summed E-state index contributed by atoms with van der Waals surface area (Å²) >= 11 is 0. The van der Waals surface area contributed by atoms with Gasteiger partial charge in [0.15, 0.2) is 12.2 Å². The van der Waals surface area contributed by atoms with E-state index in [2.05, 4.69) is 0 Å². The van der Waals surface area contributed by atoms with Crippen LogP contribution in [0, 0.1) is 11.8 Å². The van der Waals surface area contributed by atoms with Crippen molar-refractivity contribution >= 4 is 24.2 Å². The van der Waals surface area contributed by atoms with E-state index in [0.29, 0.717) is 0 Å². The molecule has 11 nitrogen and oxygen atoms in total. The third-order valence-electron chi connectivity index (χ3n) is 3.22. The Morgan fingerprint density at radius 1 is 0.548 bits per heavy atom. The molecule has 2 atom stereocenters. The van der Waals surface area contributed by atoms with Crippen LogP contribution in [0.15, 0.2) is 0 Å². The van der Waals surface area contributed by atoms with E-state index in [9.17, 15) is 19.2 Å². The molecular formula is C20H34O11. The number of ether oxygens (including phenoxy) is 7. The topological polar surface area (TPSA) is 133 Å². The number of carbonyl (C=O) groups is 4. The molecule has 0 unspecified atom stereocenters. The van der Waals surface area contributed by atoms with Gasteiger partial charge >= 0.3 is 24.2 Å². The first-order valence-electron chi connectivity index (χ1n) is 10.1. The lowest BCUT2D eigenvalue weighted by Crippen LogP contribution is -2.28. The molecule has 0 radical (unpaired) electrons. The zero-order valence-corrected chi connectivity index (χ0v) is 19.0. The normalized spacial score (nSPS) is 12.6. The fraction of sp³-hybridized carbons (Fsp3) is 0.800. The van der Waals surface area contributed by atoms with Crippen molar-refractivity contribution in [2.45, 2.75) is 53.8 Å². The van der Waals surface area contributed by atoms with Gasteiger partial charge in [0, 0.05) is 0 Å². The molecule has 0 aliphatic heterocycles. The SMILES string of the molecule is CC(C)COC(=O)[C@H](C)OC(=O)OCCOCCOC(=O)O[C@@H](C)C(=O)OCC(C)C. The molecule has 0 saturated carbocycles. The van der Waals surface area contributed by atoms with Gasteiger partial charge < -0.3 is 33.2 Å². The highest BCUT2D eigenvalue weighted by Gasteiger charge is 2.21. The van der Waals surface area contributed by atoms with Crippen molar-refractivity contribution in [2.24, 2.45) is 11.8 Å². The quantitative estimate of drug-likeness (QED) is 0.219. The minimum atomic E-state index is -1.09. The van der Waals surface area contributed by atoms with Crippen LogP contribution in [-0.2, 0) is 42.7 Å². The van der Waals surface area contributed by atoms with Crippen molar-refractivity contribution in [3.05, 3.63) is 0 Å². The van der Waals surface area contributed by atoms with Gasteiger partial charge in [-0.3, -0.25) is 0 Å². The van der Waals surface area contributed by atoms with Crippen LogP contribution in [0.25, 0.3) is 0 Å². The fourth-order valence-corrected chi connectivity index (χ4v) is 1.66. The smallest absolute Gasteiger partial charge is 0.463 e. The summed E-state index contributed by atoms with van der Waals surface area (Å²) in [5, 5.41) is 0. The van der Waals surface area contributed by atoms with E-state index in [1.165, 1.54) is 13.8 Å². The van der Waals surface area contributed by atoms with Crippen molar-refractivity contribution in [3.8, 4) is 0 Å². The van der Waals surface area contributed by atoms with E-state index in [4.69, 9.17) is 33.2 Å². The number of esters is 2. The van der Waals surface area contributed by atoms with Crippen molar-refractivity contribution < 1.29 is 52.3 Å². The molecule has 0 saturated heterocycles. The van der Waals surface area contributed by atoms with Crippen molar-refractivity contribution in [1.29, 1.82) is 0 Å². The predicted molar refractivity (Wildman–Crippen MR) is 106 cm³/mol. The molecule has 0 aromatic rings. The molecule has 0 aromatic heterocycles. The minimum Gasteiger partial charge on any atom is -0.463 e. The Morgan fingerprint density at radius 2 is 0.903 bits per heavy atom. The molecule has 0 rings (SSSR count). The van der Waals surface area contributed by atoms with Crippen LogP contribution >= 0.6 is 0 Å². The molecule has 11 heteroatoms. The molecule has 0 amide bonds. The Labute approximate surface area is 182 Å². The fourth-order valence-electron chi connectivity index (χ4n) is 1.66. The lowest BCUT2D eigenvalue weighted by atomic mass is 10.2. The van der Waals surface area contributed by atoms with E-state index in [-0.39, 0.29) is 51.5 Å². The standard InChI is InChI=1S/C20H34O11/c1-13(2)11-28-17(21)15(5)30-19(23)26-9-7-25-8-10-27-20(24)31-16(6)18(22)29-12-14(3)4/h13-16H,7-12H2,1-6H3/t15-,16-/m0/s1. The van der Waals surface area contributed by atoms with Crippen LogP contribution in [0.5, 0.6) is 0 Å². The van der Waals surface area contributed by atoms with Crippen LogP contribution in [0.4, 0.5) is 9.59 Å². The Kier molecular flexibility index (Phi) is 14.8. The molecular weight excluding hydrogens is 416 g/mol. The van der Waals surface area contributed by atoms with Crippen LogP contribution in [0.1, 0.15) is 41.5 Å². The largest absolute Gasteiger partial charge is 0.509 e. The molecule has 0 aromatic carbocycles. The Hall–Kier alpha value is -2.56. The number of hydrogen-bond acceptors (Lipinski definition) is 11. The molecule has 180 valence electrons. The molecule has 0 heterocycles. The second-order valence-corrected chi connectivity index (χ2v) is 7.38. The zero-order chi connectivity index (χ0) is 23.8. The first-order valence-corrected chi connectivity index (χ1v) is 10.1. The summed E-state index contributed by atoms with van der Waals surface area (Å²) < 4.78 is 34.1. The van der Waals surface area contributed by atoms with E-state index >= 15 is 0 Å². The van der Waals surface area contributed by atoms with Crippen LogP contribution in [0.3, 0.4) is 0 Å². The lowest BCUT2D eigenvalue weighted by Gasteiger charge is -2.14. The Morgan fingerprint density at radius 3 is 1.23 bits per heavy atom. The third kappa shape index (κ3) is 15.9. The monoisotopic (exact) mass is 450 g/mol. The molecule has 31 heavy (non-hydrogen) atoms. The van der Waals surface area contributed by atoms with Gasteiger partial charge in [0.25, 0.3) is 0 Å². The van der Waals surface area contributed by atoms with E-state index in [1.54, 1.807) is 0 Å². The van der Waals surface area contributed by atoms with Gasteiger partial charge in [-0.25, -0.2) is 19.2 Å². The summed E-state index contributed by atoms with van der Waals surface area (Å²) in [5.74, 6) is -0.983. The predicted octanol–water partition coefficient (Wildman–Crippen LogP) is 2.48. The second-order valence-electron chi connectivity index (χ2n) is 7.38. The summed E-state index contributed by atoms with van der Waals surface area (Å²) in [4.78, 5) is 46.2. The summed E-state index contributed by atoms with van der Waals surface area (Å²) in [6.45, 7) is 10.5. The Balaban J connectivity index is 3.77. The molecule has 0 spiro atoms. The molecule has 0 aliphatic carbocycles. The van der Waals surface area contributed by atoms with Crippen LogP contribution in [0.2, 0.25) is 0 Å². The molecule has 0 bridgehead atoms. The van der Waals surface area contributed by atoms with E-state index in [0.717, 1.165) is 0 Å². The van der Waals surface area contributed by atoms with Crippen molar-refractivity contribution in [3.63, 3.8) is 0 Å². The van der Waals surface area contributed by atoms with Gasteiger partial charge in [-0.2, -0.15) is 0 Å². The van der Waals surface area contributed by atoms with Gasteiger partial charge in [-0.05, 0) is 25.7 Å². The first kappa shape index (κ1) is 28.4. The van der Waals surface area contributed by atoms with Gasteiger partial charge in [-0.1, -0.05) is 27.7 Å². The second kappa shape index (κ2) is 16.2. The van der Waals surface area contributed by atoms with Gasteiger partial charge in [-0.15, -0.1) is 0 Å². The van der Waals surface area contributed by atoms with E-state index in [1.807, 2.05) is 27.7 Å². The number of hydrogen-bond donors (Lipinski definition) is 0. The van der Waals surface area contributed by atoms with Gasteiger partial charge in [0.1, 0.15) is 13.2 Å². The van der Waals surface area contributed by atoms with Gasteiger partial charge in [0.2, 0.25) is 0 Å². The zero-order valence-electron chi connectivity index (χ0n) is 19.0. The molecule has 0 N–H and O–H groups in total.